The molecule has 1 N–H and O–H groups in total. The van der Waals surface area contributed by atoms with Gasteiger partial charge in [0, 0.05) is 19.3 Å². The third-order valence-electron chi connectivity index (χ3n) is 3.87. The van der Waals surface area contributed by atoms with Crippen LogP contribution in [0.1, 0.15) is 38.7 Å². The van der Waals surface area contributed by atoms with Crippen LogP contribution >= 0.6 is 0 Å². The van der Waals surface area contributed by atoms with Gasteiger partial charge in [-0.15, -0.1) is 0 Å². The summed E-state index contributed by atoms with van der Waals surface area (Å²) in [6, 6.07) is 4.31. The van der Waals surface area contributed by atoms with Crippen LogP contribution in [0, 0.1) is 5.92 Å². The molecule has 0 aromatic carbocycles. The van der Waals surface area contributed by atoms with Crippen molar-refractivity contribution in [3.05, 3.63) is 23.9 Å². The van der Waals surface area contributed by atoms with E-state index in [1.165, 1.54) is 37.9 Å². The molecule has 1 aliphatic heterocycles. The lowest BCUT2D eigenvalue weighted by atomic mass is 9.94. The highest BCUT2D eigenvalue weighted by Crippen LogP contribution is 2.21. The fourth-order valence-corrected chi connectivity index (χ4v) is 2.66. The van der Waals surface area contributed by atoms with Crippen molar-refractivity contribution < 1.29 is 0 Å². The Labute approximate surface area is 111 Å². The molecule has 0 aliphatic carbocycles. The van der Waals surface area contributed by atoms with Gasteiger partial charge in [0.15, 0.2) is 0 Å². The Bertz CT molecular complexity index is 357. The number of pyridine rings is 1. The van der Waals surface area contributed by atoms with Crippen LogP contribution in [0.3, 0.4) is 0 Å². The van der Waals surface area contributed by atoms with E-state index < -0.39 is 0 Å². The van der Waals surface area contributed by atoms with Crippen molar-refractivity contribution >= 4 is 5.82 Å². The Morgan fingerprint density at radius 2 is 2.11 bits per heavy atom. The number of nitrogens with zero attached hydrogens (tertiary/aromatic N) is 2. The van der Waals surface area contributed by atoms with E-state index in [9.17, 15) is 0 Å². The molecular formula is C15H25N3. The van der Waals surface area contributed by atoms with E-state index in [-0.39, 0.29) is 0 Å². The van der Waals surface area contributed by atoms with Crippen LogP contribution in [0.2, 0.25) is 0 Å². The summed E-state index contributed by atoms with van der Waals surface area (Å²) in [4.78, 5) is 6.88. The number of rotatable bonds is 5. The van der Waals surface area contributed by atoms with Crippen LogP contribution in [0.5, 0.6) is 0 Å². The topological polar surface area (TPSA) is 28.2 Å². The van der Waals surface area contributed by atoms with Gasteiger partial charge in [0.25, 0.3) is 0 Å². The number of anilines is 1. The predicted octanol–water partition coefficient (Wildman–Crippen LogP) is 3.14. The summed E-state index contributed by atoms with van der Waals surface area (Å²) in [5.74, 6) is 1.95. The van der Waals surface area contributed by atoms with Crippen LogP contribution in [0.4, 0.5) is 5.82 Å². The van der Waals surface area contributed by atoms with Crippen molar-refractivity contribution in [1.82, 2.24) is 9.88 Å². The van der Waals surface area contributed by atoms with E-state index in [4.69, 9.17) is 0 Å². The van der Waals surface area contributed by atoms with E-state index in [1.807, 2.05) is 6.20 Å². The van der Waals surface area contributed by atoms with Crippen molar-refractivity contribution in [1.29, 1.82) is 0 Å². The van der Waals surface area contributed by atoms with Gasteiger partial charge in [-0.25, -0.2) is 4.98 Å². The molecule has 0 atom stereocenters. The summed E-state index contributed by atoms with van der Waals surface area (Å²) >= 11 is 0. The second kappa shape index (κ2) is 6.74. The molecule has 1 fully saturated rings. The van der Waals surface area contributed by atoms with Crippen LogP contribution in [0.25, 0.3) is 0 Å². The quantitative estimate of drug-likeness (QED) is 0.866. The third kappa shape index (κ3) is 3.70. The smallest absolute Gasteiger partial charge is 0.126 e. The zero-order valence-corrected chi connectivity index (χ0v) is 11.7. The number of hydrogen-bond donors (Lipinski definition) is 1. The van der Waals surface area contributed by atoms with Crippen LogP contribution in [-0.4, -0.2) is 29.5 Å². The summed E-state index contributed by atoms with van der Waals surface area (Å²) in [7, 11) is 0. The Balaban J connectivity index is 1.87. The molecule has 3 heteroatoms. The van der Waals surface area contributed by atoms with Gasteiger partial charge in [0.1, 0.15) is 5.82 Å². The maximum atomic E-state index is 4.32. The maximum Gasteiger partial charge on any atom is 0.126 e. The molecule has 2 heterocycles. The fraction of sp³-hybridized carbons (Fsp3) is 0.667. The Morgan fingerprint density at radius 3 is 2.78 bits per heavy atom. The fourth-order valence-electron chi connectivity index (χ4n) is 2.66. The van der Waals surface area contributed by atoms with Crippen molar-refractivity contribution in [2.24, 2.45) is 5.92 Å². The SMILES string of the molecule is CCNc1cc(CN2CCC(CC)CC2)ccn1. The summed E-state index contributed by atoms with van der Waals surface area (Å²) in [5.41, 5.74) is 1.37. The van der Waals surface area contributed by atoms with Gasteiger partial charge >= 0.3 is 0 Å². The number of nitrogens with one attached hydrogen (secondary N) is 1. The number of hydrogen-bond acceptors (Lipinski definition) is 3. The van der Waals surface area contributed by atoms with Gasteiger partial charge in [0.05, 0.1) is 0 Å². The van der Waals surface area contributed by atoms with Gasteiger partial charge in [-0.2, -0.15) is 0 Å². The molecule has 0 unspecified atom stereocenters. The van der Waals surface area contributed by atoms with Crippen LogP contribution in [-0.2, 0) is 6.54 Å². The van der Waals surface area contributed by atoms with Gasteiger partial charge in [-0.3, -0.25) is 4.90 Å². The maximum absolute atomic E-state index is 4.32. The average Bonchev–Trinajstić information content (AvgIpc) is 2.40. The first kappa shape index (κ1) is 13.3. The molecule has 2 rings (SSSR count). The average molecular weight is 247 g/mol. The predicted molar refractivity (Wildman–Crippen MR) is 76.7 cm³/mol. The van der Waals surface area contributed by atoms with Crippen molar-refractivity contribution in [3.8, 4) is 0 Å². The second-order valence-electron chi connectivity index (χ2n) is 5.21. The molecule has 3 nitrogen and oxygen atoms in total. The molecule has 0 saturated carbocycles. The van der Waals surface area contributed by atoms with Crippen molar-refractivity contribution in [2.75, 3.05) is 25.0 Å². The van der Waals surface area contributed by atoms with E-state index in [1.54, 1.807) is 0 Å². The molecule has 100 valence electrons. The molecule has 0 amide bonds. The van der Waals surface area contributed by atoms with Crippen LogP contribution in [0.15, 0.2) is 18.3 Å². The first-order valence-electron chi connectivity index (χ1n) is 7.23. The van der Waals surface area contributed by atoms with E-state index in [2.05, 4.69) is 41.2 Å². The minimum atomic E-state index is 0.929. The summed E-state index contributed by atoms with van der Waals surface area (Å²) in [6.07, 6.45) is 5.98. The van der Waals surface area contributed by atoms with Gasteiger partial charge in [-0.05, 0) is 56.5 Å². The highest BCUT2D eigenvalue weighted by molar-refractivity contribution is 5.37. The van der Waals surface area contributed by atoms with Crippen LogP contribution < -0.4 is 5.32 Å². The summed E-state index contributed by atoms with van der Waals surface area (Å²) in [6.45, 7) is 8.90. The first-order valence-corrected chi connectivity index (χ1v) is 7.23. The van der Waals surface area contributed by atoms with Crippen molar-refractivity contribution in [2.45, 2.75) is 39.7 Å². The molecule has 0 bridgehead atoms. The molecule has 1 saturated heterocycles. The Hall–Kier alpha value is -1.09. The molecular weight excluding hydrogens is 222 g/mol. The van der Waals surface area contributed by atoms with Gasteiger partial charge in [0.2, 0.25) is 0 Å². The van der Waals surface area contributed by atoms with Gasteiger partial charge in [-0.1, -0.05) is 13.3 Å². The second-order valence-corrected chi connectivity index (χ2v) is 5.21. The standard InChI is InChI=1S/C15H25N3/c1-3-13-6-9-18(10-7-13)12-14-5-8-17-15(11-14)16-4-2/h5,8,11,13H,3-4,6-7,9-10,12H2,1-2H3,(H,16,17). The van der Waals surface area contributed by atoms with E-state index >= 15 is 0 Å². The first-order chi connectivity index (χ1) is 8.81. The molecule has 18 heavy (non-hydrogen) atoms. The lowest BCUT2D eigenvalue weighted by Crippen LogP contribution is -2.33. The molecule has 0 spiro atoms. The monoisotopic (exact) mass is 247 g/mol. The minimum Gasteiger partial charge on any atom is -0.370 e. The third-order valence-corrected chi connectivity index (χ3v) is 3.87. The molecule has 1 aromatic heterocycles. The van der Waals surface area contributed by atoms with Gasteiger partial charge < -0.3 is 5.32 Å². The van der Waals surface area contributed by atoms with E-state index in [0.29, 0.717) is 0 Å². The largest absolute Gasteiger partial charge is 0.370 e. The highest BCUT2D eigenvalue weighted by Gasteiger charge is 2.17. The minimum absolute atomic E-state index is 0.929. The van der Waals surface area contributed by atoms with E-state index in [0.717, 1.165) is 24.8 Å². The lowest BCUT2D eigenvalue weighted by molar-refractivity contribution is 0.175. The zero-order valence-electron chi connectivity index (χ0n) is 11.7. The molecule has 1 aliphatic rings. The molecule has 0 radical (unpaired) electrons. The summed E-state index contributed by atoms with van der Waals surface area (Å²) < 4.78 is 0. The molecule has 1 aromatic rings. The number of likely N-dealkylation sites (tertiary alicyclic amines) is 1. The highest BCUT2D eigenvalue weighted by atomic mass is 15.1. The number of piperidine rings is 1. The number of aromatic nitrogens is 1. The Kier molecular flexibility index (Phi) is 5.00. The van der Waals surface area contributed by atoms with Crippen molar-refractivity contribution in [3.63, 3.8) is 0 Å². The summed E-state index contributed by atoms with van der Waals surface area (Å²) in [5, 5.41) is 3.27. The zero-order chi connectivity index (χ0) is 12.8. The Morgan fingerprint density at radius 1 is 1.33 bits per heavy atom. The lowest BCUT2D eigenvalue weighted by Gasteiger charge is -2.31. The normalized spacial score (nSPS) is 17.9.